The number of anilines is 1. The third-order valence-electron chi connectivity index (χ3n) is 7.16. The number of fused-ring (bicyclic) bond motifs is 2. The van der Waals surface area contributed by atoms with Crippen molar-refractivity contribution < 1.29 is 9.59 Å². The van der Waals surface area contributed by atoms with E-state index in [0.717, 1.165) is 61.2 Å². The molecule has 1 aliphatic heterocycles. The lowest BCUT2D eigenvalue weighted by Gasteiger charge is -2.35. The molecule has 0 aromatic heterocycles. The number of rotatable bonds is 5. The van der Waals surface area contributed by atoms with Gasteiger partial charge in [-0.05, 0) is 62.0 Å². The van der Waals surface area contributed by atoms with Gasteiger partial charge in [0.15, 0.2) is 0 Å². The number of nitrogens with zero attached hydrogens (tertiary/aromatic N) is 2. The molecule has 1 heterocycles. The predicted octanol–water partition coefficient (Wildman–Crippen LogP) is 3.21. The van der Waals surface area contributed by atoms with Crippen molar-refractivity contribution in [3.05, 3.63) is 29.3 Å². The molecule has 3 fully saturated rings. The molecule has 1 aromatic carbocycles. The Morgan fingerprint density at radius 3 is 2.36 bits per heavy atom. The number of nitrogens with one attached hydrogen (secondary N) is 1. The summed E-state index contributed by atoms with van der Waals surface area (Å²) in [4.78, 5) is 29.4. The first-order valence-electron chi connectivity index (χ1n) is 10.9. The second-order valence-corrected chi connectivity index (χ2v) is 9.11. The van der Waals surface area contributed by atoms with Crippen molar-refractivity contribution in [2.75, 3.05) is 38.0 Å². The van der Waals surface area contributed by atoms with Crippen molar-refractivity contribution >= 4 is 17.5 Å². The Balaban J connectivity index is 1.22. The van der Waals surface area contributed by atoms with Crippen molar-refractivity contribution in [1.82, 2.24) is 9.80 Å². The van der Waals surface area contributed by atoms with Gasteiger partial charge in [0.2, 0.25) is 11.8 Å². The summed E-state index contributed by atoms with van der Waals surface area (Å²) < 4.78 is 0. The van der Waals surface area contributed by atoms with E-state index >= 15 is 0 Å². The number of hydrogen-bond donors (Lipinski definition) is 1. The van der Waals surface area contributed by atoms with Gasteiger partial charge in [-0.1, -0.05) is 24.6 Å². The number of piperazine rings is 1. The van der Waals surface area contributed by atoms with Crippen LogP contribution in [-0.2, 0) is 9.59 Å². The third kappa shape index (κ3) is 4.24. The number of amides is 2. The topological polar surface area (TPSA) is 52.7 Å². The summed E-state index contributed by atoms with van der Waals surface area (Å²) >= 11 is 0. The van der Waals surface area contributed by atoms with Gasteiger partial charge in [0.05, 0.1) is 6.54 Å². The molecule has 1 aromatic rings. The molecule has 2 saturated carbocycles. The van der Waals surface area contributed by atoms with Crippen molar-refractivity contribution in [1.29, 1.82) is 0 Å². The van der Waals surface area contributed by atoms with E-state index in [1.54, 1.807) is 0 Å². The van der Waals surface area contributed by atoms with Crippen LogP contribution in [0.4, 0.5) is 5.69 Å². The Morgan fingerprint density at radius 2 is 1.75 bits per heavy atom. The van der Waals surface area contributed by atoms with Crippen LogP contribution in [0.25, 0.3) is 0 Å². The summed E-state index contributed by atoms with van der Waals surface area (Å²) in [6, 6.07) is 6.04. The number of aryl methyl sites for hydroxylation is 2. The van der Waals surface area contributed by atoms with Gasteiger partial charge in [-0.15, -0.1) is 0 Å². The van der Waals surface area contributed by atoms with Crippen LogP contribution < -0.4 is 5.32 Å². The van der Waals surface area contributed by atoms with Crippen LogP contribution in [0.5, 0.6) is 0 Å². The van der Waals surface area contributed by atoms with E-state index < -0.39 is 0 Å². The highest BCUT2D eigenvalue weighted by Crippen LogP contribution is 2.49. The van der Waals surface area contributed by atoms with Crippen LogP contribution in [0.2, 0.25) is 0 Å². The van der Waals surface area contributed by atoms with Crippen LogP contribution in [0.1, 0.15) is 43.2 Å². The zero-order valence-electron chi connectivity index (χ0n) is 17.2. The number of para-hydroxylation sites is 1. The molecular formula is C23H33N3O2. The van der Waals surface area contributed by atoms with Crippen molar-refractivity contribution in [3.8, 4) is 0 Å². The summed E-state index contributed by atoms with van der Waals surface area (Å²) in [5.74, 6) is 2.70. The Bertz CT molecular complexity index is 719. The highest BCUT2D eigenvalue weighted by Gasteiger charge is 2.40. The molecule has 0 radical (unpaired) electrons. The smallest absolute Gasteiger partial charge is 0.238 e. The molecule has 5 nitrogen and oxygen atoms in total. The molecule has 1 saturated heterocycles. The summed E-state index contributed by atoms with van der Waals surface area (Å²) in [6.45, 7) is 7.48. The van der Waals surface area contributed by atoms with Crippen LogP contribution >= 0.6 is 0 Å². The van der Waals surface area contributed by atoms with Crippen LogP contribution in [0.3, 0.4) is 0 Å². The second-order valence-electron chi connectivity index (χ2n) is 9.11. The summed E-state index contributed by atoms with van der Waals surface area (Å²) in [6.07, 6.45) is 6.11. The fourth-order valence-electron chi connectivity index (χ4n) is 5.53. The fourth-order valence-corrected chi connectivity index (χ4v) is 5.53. The standard InChI is InChI=1S/C23H33N3O2/c1-16-4-3-5-17(2)23(16)24-21(27)15-25-8-10-26(11-9-25)22(28)14-20-13-18-6-7-19(20)12-18/h3-5,18-20H,6-15H2,1-2H3,(H,24,27)/t18-,19+,20-/m0/s1. The minimum atomic E-state index is 0.0270. The van der Waals surface area contributed by atoms with E-state index in [0.29, 0.717) is 18.4 Å². The lowest BCUT2D eigenvalue weighted by Crippen LogP contribution is -2.50. The molecule has 0 spiro atoms. The molecule has 2 bridgehead atoms. The molecular weight excluding hydrogens is 350 g/mol. The largest absolute Gasteiger partial charge is 0.340 e. The number of benzene rings is 1. The van der Waals surface area contributed by atoms with Crippen molar-refractivity contribution in [3.63, 3.8) is 0 Å². The normalized spacial score (nSPS) is 27.2. The van der Waals surface area contributed by atoms with E-state index in [-0.39, 0.29) is 5.91 Å². The molecule has 28 heavy (non-hydrogen) atoms. The minimum absolute atomic E-state index is 0.0270. The van der Waals surface area contributed by atoms with Crippen LogP contribution in [-0.4, -0.2) is 54.3 Å². The van der Waals surface area contributed by atoms with E-state index in [1.165, 1.54) is 25.7 Å². The first-order valence-corrected chi connectivity index (χ1v) is 10.9. The van der Waals surface area contributed by atoms with Gasteiger partial charge in [0, 0.05) is 38.3 Å². The third-order valence-corrected chi connectivity index (χ3v) is 7.16. The van der Waals surface area contributed by atoms with Crippen molar-refractivity contribution in [2.45, 2.75) is 46.0 Å². The van der Waals surface area contributed by atoms with Gasteiger partial charge in [-0.25, -0.2) is 0 Å². The Hall–Kier alpha value is -1.88. The van der Waals surface area contributed by atoms with Gasteiger partial charge >= 0.3 is 0 Å². The maximum absolute atomic E-state index is 12.7. The highest BCUT2D eigenvalue weighted by molar-refractivity contribution is 5.93. The van der Waals surface area contributed by atoms with Gasteiger partial charge in [-0.2, -0.15) is 0 Å². The molecule has 2 aliphatic carbocycles. The molecule has 2 amide bonds. The number of carbonyl (C=O) groups is 2. The maximum Gasteiger partial charge on any atom is 0.238 e. The van der Waals surface area contributed by atoms with Gasteiger partial charge < -0.3 is 10.2 Å². The Labute approximate surface area is 168 Å². The lowest BCUT2D eigenvalue weighted by molar-refractivity contribution is -0.134. The monoisotopic (exact) mass is 383 g/mol. The quantitative estimate of drug-likeness (QED) is 0.849. The molecule has 3 aliphatic rings. The van der Waals surface area contributed by atoms with Gasteiger partial charge in [0.25, 0.3) is 0 Å². The van der Waals surface area contributed by atoms with E-state index in [9.17, 15) is 9.59 Å². The maximum atomic E-state index is 12.7. The molecule has 4 rings (SSSR count). The average Bonchev–Trinajstić information content (AvgIpc) is 3.28. The first kappa shape index (κ1) is 19.4. The molecule has 3 atom stereocenters. The SMILES string of the molecule is Cc1cccc(C)c1NC(=O)CN1CCN(C(=O)C[C@@H]2C[C@H]3CC[C@@H]2C3)CC1. The summed E-state index contributed by atoms with van der Waals surface area (Å²) in [7, 11) is 0. The average molecular weight is 384 g/mol. The Morgan fingerprint density at radius 1 is 1.04 bits per heavy atom. The zero-order chi connectivity index (χ0) is 19.7. The van der Waals surface area contributed by atoms with Gasteiger partial charge in [-0.3, -0.25) is 14.5 Å². The van der Waals surface area contributed by atoms with Crippen molar-refractivity contribution in [2.24, 2.45) is 17.8 Å². The fraction of sp³-hybridized carbons (Fsp3) is 0.652. The molecule has 5 heteroatoms. The molecule has 1 N–H and O–H groups in total. The minimum Gasteiger partial charge on any atom is -0.340 e. The van der Waals surface area contributed by atoms with E-state index in [4.69, 9.17) is 0 Å². The molecule has 0 unspecified atom stereocenters. The lowest BCUT2D eigenvalue weighted by atomic mass is 9.86. The van der Waals surface area contributed by atoms with E-state index in [2.05, 4.69) is 10.2 Å². The predicted molar refractivity (Wildman–Crippen MR) is 111 cm³/mol. The summed E-state index contributed by atoms with van der Waals surface area (Å²) in [5.41, 5.74) is 3.10. The highest BCUT2D eigenvalue weighted by atomic mass is 16.2. The van der Waals surface area contributed by atoms with Crippen LogP contribution in [0, 0.1) is 31.6 Å². The number of hydrogen-bond acceptors (Lipinski definition) is 3. The first-order chi connectivity index (χ1) is 13.5. The summed E-state index contributed by atoms with van der Waals surface area (Å²) in [5, 5.41) is 3.06. The van der Waals surface area contributed by atoms with E-state index in [1.807, 2.05) is 36.9 Å². The Kier molecular flexibility index (Phi) is 5.72. The zero-order valence-corrected chi connectivity index (χ0v) is 17.2. The second kappa shape index (κ2) is 8.24. The van der Waals surface area contributed by atoms with Crippen LogP contribution in [0.15, 0.2) is 18.2 Å². The van der Waals surface area contributed by atoms with Gasteiger partial charge in [0.1, 0.15) is 0 Å². The number of carbonyl (C=O) groups excluding carboxylic acids is 2. The molecule has 152 valence electrons.